The van der Waals surface area contributed by atoms with E-state index in [2.05, 4.69) is 15.9 Å². The van der Waals surface area contributed by atoms with Gasteiger partial charge in [0, 0.05) is 0 Å². The van der Waals surface area contributed by atoms with Crippen LogP contribution in [-0.4, -0.2) is 66.3 Å². The van der Waals surface area contributed by atoms with Crippen LogP contribution in [-0.2, 0) is 9.59 Å². The van der Waals surface area contributed by atoms with Crippen LogP contribution in [0.1, 0.15) is 0 Å². The fourth-order valence-electron chi connectivity index (χ4n) is 0. The number of aliphatic carboxylic acids is 2. The first-order chi connectivity index (χ1) is 5.79. The molecule has 0 aromatic rings. The molecule has 0 rings (SSSR count). The first kappa shape index (κ1) is 18.7. The molecule has 0 aromatic heterocycles. The van der Waals surface area contributed by atoms with Gasteiger partial charge in [0.15, 0.2) is 0 Å². The van der Waals surface area contributed by atoms with Gasteiger partial charge < -0.3 is 25.3 Å². The van der Waals surface area contributed by atoms with Crippen molar-refractivity contribution >= 4 is 52.9 Å². The summed E-state index contributed by atoms with van der Waals surface area (Å²) in [6.07, 6.45) is 0. The maximum absolute atomic E-state index is 9.10. The number of carbonyl (C=O) groups is 2. The quantitative estimate of drug-likeness (QED) is 0.184. The predicted octanol–water partition coefficient (Wildman–Crippen LogP) is -2.39. The SMILES string of the molecule is O=C(O)C(=O)O.OB(O)O.[Li][CH2]Br. The third-order valence-corrected chi connectivity index (χ3v) is 0.183. The summed E-state index contributed by atoms with van der Waals surface area (Å²) in [5, 5.41) is 36.3. The number of hydrogen-bond donors (Lipinski definition) is 5. The topological polar surface area (TPSA) is 135 Å². The fraction of sp³-hybridized carbons (Fsp3) is 0.333. The van der Waals surface area contributed by atoms with Crippen LogP contribution in [0.2, 0.25) is 0 Å². The second-order valence-corrected chi connectivity index (χ2v) is 2.35. The van der Waals surface area contributed by atoms with Crippen molar-refractivity contribution in [3.8, 4) is 0 Å². The van der Waals surface area contributed by atoms with Crippen molar-refractivity contribution in [2.24, 2.45) is 0 Å². The van der Waals surface area contributed by atoms with Crippen LogP contribution >= 0.6 is 15.9 Å². The molecule has 0 amide bonds. The first-order valence-electron chi connectivity index (χ1n) is 2.85. The Balaban J connectivity index is -0.000000125. The Kier molecular flexibility index (Phi) is 20.8. The molecule has 0 unspecified atom stereocenters. The summed E-state index contributed by atoms with van der Waals surface area (Å²) in [4.78, 5) is 18.2. The van der Waals surface area contributed by atoms with E-state index in [0.717, 1.165) is 4.00 Å². The van der Waals surface area contributed by atoms with Crippen LogP contribution in [0.3, 0.4) is 0 Å². The van der Waals surface area contributed by atoms with Gasteiger partial charge in [-0.25, -0.2) is 9.59 Å². The molecule has 0 atom stereocenters. The van der Waals surface area contributed by atoms with Crippen molar-refractivity contribution < 1.29 is 34.9 Å². The molecule has 0 fully saturated rings. The Hall–Kier alpha value is -0.0377. The van der Waals surface area contributed by atoms with E-state index >= 15 is 0 Å². The minimum atomic E-state index is -2.17. The van der Waals surface area contributed by atoms with E-state index in [1.807, 2.05) is 17.7 Å². The molecule has 0 aliphatic carbocycles. The number of carboxylic acids is 2. The molecule has 0 spiro atoms. The molecule has 72 valence electrons. The van der Waals surface area contributed by atoms with Gasteiger partial charge in [-0.15, -0.1) is 0 Å². The fourth-order valence-corrected chi connectivity index (χ4v) is 0. The van der Waals surface area contributed by atoms with Gasteiger partial charge in [0.1, 0.15) is 0 Å². The summed E-state index contributed by atoms with van der Waals surface area (Å²) < 4.78 is 1.06. The zero-order valence-electron chi connectivity index (χ0n) is 6.71. The van der Waals surface area contributed by atoms with E-state index in [0.29, 0.717) is 0 Å². The van der Waals surface area contributed by atoms with E-state index in [-0.39, 0.29) is 0 Å². The van der Waals surface area contributed by atoms with E-state index < -0.39 is 19.3 Å². The van der Waals surface area contributed by atoms with Gasteiger partial charge >= 0.3 is 56.9 Å². The van der Waals surface area contributed by atoms with Crippen molar-refractivity contribution in [3.05, 3.63) is 0 Å². The average molecular weight is 253 g/mol. The number of rotatable bonds is 0. The number of halogens is 1. The molecule has 0 saturated heterocycles. The summed E-state index contributed by atoms with van der Waals surface area (Å²) in [6.45, 7) is 0. The van der Waals surface area contributed by atoms with Gasteiger partial charge in [-0.2, -0.15) is 0 Å². The summed E-state index contributed by atoms with van der Waals surface area (Å²) in [5.41, 5.74) is 0. The van der Waals surface area contributed by atoms with Crippen molar-refractivity contribution in [2.45, 2.75) is 0 Å². The third kappa shape index (κ3) is 75.6. The monoisotopic (exact) mass is 252 g/mol. The molecule has 5 N–H and O–H groups in total. The van der Waals surface area contributed by atoms with Gasteiger partial charge in [-0.1, -0.05) is 0 Å². The molecule has 0 aromatic carbocycles. The summed E-state index contributed by atoms with van der Waals surface area (Å²) in [7, 11) is -2.17. The third-order valence-electron chi connectivity index (χ3n) is 0.183. The van der Waals surface area contributed by atoms with Crippen LogP contribution in [0.25, 0.3) is 0 Å². The van der Waals surface area contributed by atoms with Gasteiger partial charge in [0.05, 0.1) is 0 Å². The molecule has 0 radical (unpaired) electrons. The van der Waals surface area contributed by atoms with Crippen LogP contribution in [0.5, 0.6) is 0 Å². The molecular weight excluding hydrogens is 246 g/mol. The van der Waals surface area contributed by atoms with Crippen LogP contribution < -0.4 is 0 Å². The van der Waals surface area contributed by atoms with Crippen molar-refractivity contribution in [1.29, 1.82) is 0 Å². The van der Waals surface area contributed by atoms with Crippen LogP contribution in [0.15, 0.2) is 0 Å². The molecule has 10 heteroatoms. The average Bonchev–Trinajstić information content (AvgIpc) is 1.87. The first-order valence-corrected chi connectivity index (χ1v) is 3.98. The van der Waals surface area contributed by atoms with Crippen molar-refractivity contribution in [3.63, 3.8) is 0 Å². The Morgan fingerprint density at radius 2 is 1.23 bits per heavy atom. The van der Waals surface area contributed by atoms with E-state index in [4.69, 9.17) is 34.9 Å². The zero-order chi connectivity index (χ0) is 11.4. The molecule has 0 bridgehead atoms. The van der Waals surface area contributed by atoms with Gasteiger partial charge in [0.2, 0.25) is 0 Å². The Labute approximate surface area is 91.9 Å². The Morgan fingerprint density at radius 3 is 1.23 bits per heavy atom. The predicted molar refractivity (Wildman–Crippen MR) is 47.2 cm³/mol. The van der Waals surface area contributed by atoms with E-state index in [1.165, 1.54) is 0 Å². The molecule has 0 heterocycles. The standard InChI is InChI=1S/C2H2O4.CH2Br.BH3O3.Li/c3-1(4)2(5)6;1-2;2-1(3)4;/h(H,3,4)(H,5,6);1H2;2-4H;. The van der Waals surface area contributed by atoms with Crippen molar-refractivity contribution in [2.75, 3.05) is 4.00 Å². The van der Waals surface area contributed by atoms with E-state index in [9.17, 15) is 0 Å². The molecule has 7 nitrogen and oxygen atoms in total. The summed E-state index contributed by atoms with van der Waals surface area (Å²) in [5.74, 6) is -3.65. The zero-order valence-corrected chi connectivity index (χ0v) is 8.30. The second-order valence-electron chi connectivity index (χ2n) is 1.22. The normalized spacial score (nSPS) is 6.92. The van der Waals surface area contributed by atoms with Gasteiger partial charge in [0.25, 0.3) is 0 Å². The molecule has 0 saturated carbocycles. The second kappa shape index (κ2) is 14.5. The molecular formula is C3H7BBrLiO7. The minimum absolute atomic E-state index is 1.06. The van der Waals surface area contributed by atoms with Crippen LogP contribution in [0.4, 0.5) is 0 Å². The number of alkyl halides is 1. The number of carboxylic acid groups (broad SMARTS) is 2. The maximum atomic E-state index is 9.10. The van der Waals surface area contributed by atoms with Gasteiger partial charge in [-0.05, 0) is 0 Å². The molecule has 13 heavy (non-hydrogen) atoms. The van der Waals surface area contributed by atoms with Crippen molar-refractivity contribution in [1.82, 2.24) is 0 Å². The number of hydrogen-bond acceptors (Lipinski definition) is 5. The van der Waals surface area contributed by atoms with E-state index in [1.54, 1.807) is 0 Å². The van der Waals surface area contributed by atoms with Gasteiger partial charge in [-0.3, -0.25) is 0 Å². The van der Waals surface area contributed by atoms with Crippen LogP contribution in [0, 0.1) is 0 Å². The molecule has 0 aliphatic rings. The molecule has 0 aliphatic heterocycles. The summed E-state index contributed by atoms with van der Waals surface area (Å²) >= 11 is 5.19. The Bertz CT molecular complexity index is 127. The summed E-state index contributed by atoms with van der Waals surface area (Å²) in [6, 6.07) is 0. The Morgan fingerprint density at radius 1 is 1.15 bits per heavy atom.